The van der Waals surface area contributed by atoms with Crippen molar-refractivity contribution in [3.8, 4) is 0 Å². The van der Waals surface area contributed by atoms with Crippen LogP contribution in [0.25, 0.3) is 0 Å². The van der Waals surface area contributed by atoms with Gasteiger partial charge < -0.3 is 9.47 Å². The highest BCUT2D eigenvalue weighted by atomic mass is 35.5. The summed E-state index contributed by atoms with van der Waals surface area (Å²) < 4.78 is 33.9. The van der Waals surface area contributed by atoms with Gasteiger partial charge in [0.1, 0.15) is 0 Å². The molecule has 1 rings (SSSR count). The fourth-order valence-corrected chi connectivity index (χ4v) is 3.55. The Hall–Kier alpha value is 0.160. The molecule has 0 radical (unpaired) electrons. The van der Waals surface area contributed by atoms with Crippen molar-refractivity contribution in [1.29, 1.82) is 0 Å². The molecule has 2 unspecified atom stereocenters. The Morgan fingerprint density at radius 3 is 2.73 bits per heavy atom. The molecule has 1 aliphatic heterocycles. The van der Waals surface area contributed by atoms with Crippen molar-refractivity contribution in [1.82, 2.24) is 0 Å². The van der Waals surface area contributed by atoms with E-state index in [9.17, 15) is 8.42 Å². The van der Waals surface area contributed by atoms with E-state index >= 15 is 0 Å². The van der Waals surface area contributed by atoms with Gasteiger partial charge in [-0.15, -0.1) is 11.6 Å². The van der Waals surface area contributed by atoms with Crippen LogP contribution in [0.1, 0.15) is 13.3 Å². The largest absolute Gasteiger partial charge is 0.379 e. The van der Waals surface area contributed by atoms with E-state index in [1.54, 1.807) is 6.92 Å². The Morgan fingerprint density at radius 2 is 2.20 bits per heavy atom. The molecule has 0 spiro atoms. The van der Waals surface area contributed by atoms with E-state index in [0.29, 0.717) is 25.5 Å². The summed E-state index contributed by atoms with van der Waals surface area (Å²) in [5.41, 5.74) is 0. The fraction of sp³-hybridized carbons (Fsp3) is 1.00. The molecule has 0 aromatic heterocycles. The Bertz CT molecular complexity index is 278. The number of ether oxygens (including phenoxy) is 2. The third kappa shape index (κ3) is 3.90. The molecular formula is C9H17ClO4S. The highest BCUT2D eigenvalue weighted by Gasteiger charge is 2.35. The molecule has 1 fully saturated rings. The van der Waals surface area contributed by atoms with Gasteiger partial charge in [0.15, 0.2) is 9.84 Å². The van der Waals surface area contributed by atoms with Crippen LogP contribution in [-0.4, -0.2) is 51.2 Å². The van der Waals surface area contributed by atoms with Gasteiger partial charge in [0.25, 0.3) is 0 Å². The number of hydrogen-bond donors (Lipinski definition) is 0. The highest BCUT2D eigenvalue weighted by Crippen LogP contribution is 2.21. The Kier molecular flexibility index (Phi) is 5.32. The first-order chi connectivity index (χ1) is 7.08. The number of alkyl halides is 1. The molecule has 0 N–H and O–H groups in total. The van der Waals surface area contributed by atoms with Crippen LogP contribution in [0.4, 0.5) is 0 Å². The standard InChI is InChI=1S/C9H17ClO4S/c1-8-9(2-4-14-8)15(11,12)7-6-13-5-3-10/h8-9H,2-7H2,1H3. The van der Waals surface area contributed by atoms with E-state index in [4.69, 9.17) is 21.1 Å². The zero-order chi connectivity index (χ0) is 11.3. The molecule has 2 atom stereocenters. The molecule has 1 heterocycles. The number of rotatable bonds is 6. The van der Waals surface area contributed by atoms with Crippen molar-refractivity contribution < 1.29 is 17.9 Å². The smallest absolute Gasteiger partial charge is 0.158 e. The first-order valence-electron chi connectivity index (χ1n) is 5.05. The third-order valence-electron chi connectivity index (χ3n) is 2.50. The van der Waals surface area contributed by atoms with Gasteiger partial charge in [0.05, 0.1) is 30.3 Å². The van der Waals surface area contributed by atoms with Gasteiger partial charge in [0, 0.05) is 12.5 Å². The summed E-state index contributed by atoms with van der Waals surface area (Å²) in [4.78, 5) is 0. The minimum Gasteiger partial charge on any atom is -0.379 e. The topological polar surface area (TPSA) is 52.6 Å². The van der Waals surface area contributed by atoms with Crippen molar-refractivity contribution in [3.05, 3.63) is 0 Å². The summed E-state index contributed by atoms with van der Waals surface area (Å²) in [5, 5.41) is -0.364. The van der Waals surface area contributed by atoms with E-state index in [1.165, 1.54) is 0 Å². The quantitative estimate of drug-likeness (QED) is 0.522. The monoisotopic (exact) mass is 256 g/mol. The molecule has 1 aliphatic rings. The minimum absolute atomic E-state index is 0.0578. The molecule has 0 aliphatic carbocycles. The molecule has 15 heavy (non-hydrogen) atoms. The lowest BCUT2D eigenvalue weighted by Gasteiger charge is -2.14. The Balaban J connectivity index is 2.37. The maximum Gasteiger partial charge on any atom is 0.158 e. The molecule has 0 bridgehead atoms. The van der Waals surface area contributed by atoms with Gasteiger partial charge in [-0.1, -0.05) is 0 Å². The first kappa shape index (κ1) is 13.2. The second-order valence-electron chi connectivity index (χ2n) is 3.57. The normalized spacial score (nSPS) is 27.1. The predicted octanol–water partition coefficient (Wildman–Crippen LogP) is 0.834. The molecule has 90 valence electrons. The number of hydrogen-bond acceptors (Lipinski definition) is 4. The summed E-state index contributed by atoms with van der Waals surface area (Å²) in [6.07, 6.45) is 0.405. The number of halogens is 1. The molecule has 0 aromatic rings. The van der Waals surface area contributed by atoms with E-state index in [1.807, 2.05) is 0 Å². The Morgan fingerprint density at radius 1 is 1.47 bits per heavy atom. The van der Waals surface area contributed by atoms with Crippen molar-refractivity contribution in [2.75, 3.05) is 31.5 Å². The summed E-state index contributed by atoms with van der Waals surface area (Å²) >= 11 is 5.41. The maximum atomic E-state index is 11.8. The molecular weight excluding hydrogens is 240 g/mol. The van der Waals surface area contributed by atoms with Gasteiger partial charge >= 0.3 is 0 Å². The molecule has 0 saturated carbocycles. The number of sulfone groups is 1. The second kappa shape index (κ2) is 6.03. The molecule has 0 aromatic carbocycles. The van der Waals surface area contributed by atoms with Gasteiger partial charge in [-0.05, 0) is 13.3 Å². The zero-order valence-corrected chi connectivity index (χ0v) is 10.4. The van der Waals surface area contributed by atoms with Gasteiger partial charge in [-0.25, -0.2) is 8.42 Å². The first-order valence-corrected chi connectivity index (χ1v) is 7.30. The third-order valence-corrected chi connectivity index (χ3v) is 4.93. The van der Waals surface area contributed by atoms with E-state index < -0.39 is 9.84 Å². The van der Waals surface area contributed by atoms with Crippen LogP contribution in [-0.2, 0) is 19.3 Å². The van der Waals surface area contributed by atoms with Crippen molar-refractivity contribution in [2.45, 2.75) is 24.7 Å². The summed E-state index contributed by atoms with van der Waals surface area (Å²) in [6.45, 7) is 2.95. The van der Waals surface area contributed by atoms with Gasteiger partial charge in [-0.3, -0.25) is 0 Å². The van der Waals surface area contributed by atoms with E-state index in [0.717, 1.165) is 0 Å². The Labute approximate surface area is 95.8 Å². The SMILES string of the molecule is CC1OCCC1S(=O)(=O)CCOCCCl. The molecule has 6 heteroatoms. The van der Waals surface area contributed by atoms with Crippen LogP contribution in [0.3, 0.4) is 0 Å². The summed E-state index contributed by atoms with van der Waals surface area (Å²) in [7, 11) is -3.08. The predicted molar refractivity (Wildman–Crippen MR) is 59.1 cm³/mol. The fourth-order valence-electron chi connectivity index (χ4n) is 1.67. The lowest BCUT2D eigenvalue weighted by atomic mass is 10.3. The maximum absolute atomic E-state index is 11.8. The summed E-state index contributed by atoms with van der Waals surface area (Å²) in [5.74, 6) is 0.450. The van der Waals surface area contributed by atoms with E-state index in [-0.39, 0.29) is 23.7 Å². The zero-order valence-electron chi connectivity index (χ0n) is 8.82. The highest BCUT2D eigenvalue weighted by molar-refractivity contribution is 7.92. The van der Waals surface area contributed by atoms with Crippen LogP contribution in [0, 0.1) is 0 Å². The van der Waals surface area contributed by atoms with Crippen molar-refractivity contribution in [3.63, 3.8) is 0 Å². The average molecular weight is 257 g/mol. The van der Waals surface area contributed by atoms with Gasteiger partial charge in [-0.2, -0.15) is 0 Å². The van der Waals surface area contributed by atoms with Crippen molar-refractivity contribution in [2.24, 2.45) is 0 Å². The van der Waals surface area contributed by atoms with Crippen LogP contribution in [0.5, 0.6) is 0 Å². The van der Waals surface area contributed by atoms with Crippen molar-refractivity contribution >= 4 is 21.4 Å². The molecule has 1 saturated heterocycles. The second-order valence-corrected chi connectivity index (χ2v) is 6.29. The molecule has 0 amide bonds. The minimum atomic E-state index is -3.08. The molecule has 4 nitrogen and oxygen atoms in total. The average Bonchev–Trinajstić information content (AvgIpc) is 2.60. The van der Waals surface area contributed by atoms with E-state index in [2.05, 4.69) is 0 Å². The van der Waals surface area contributed by atoms with Gasteiger partial charge in [0.2, 0.25) is 0 Å². The lowest BCUT2D eigenvalue weighted by Crippen LogP contribution is -2.31. The van der Waals surface area contributed by atoms with Crippen LogP contribution in [0.2, 0.25) is 0 Å². The summed E-state index contributed by atoms with van der Waals surface area (Å²) in [6, 6.07) is 0. The van der Waals surface area contributed by atoms with Crippen LogP contribution < -0.4 is 0 Å². The van der Waals surface area contributed by atoms with Crippen LogP contribution in [0.15, 0.2) is 0 Å². The lowest BCUT2D eigenvalue weighted by molar-refractivity contribution is 0.126. The van der Waals surface area contributed by atoms with Crippen LogP contribution >= 0.6 is 11.6 Å².